The number of aliphatic hydroxyl groups is 8. The minimum atomic E-state index is -5.38. The van der Waals surface area contributed by atoms with Crippen molar-refractivity contribution in [1.82, 2.24) is 0 Å². The van der Waals surface area contributed by atoms with Crippen LogP contribution >= 0.6 is 0 Å². The Balaban J connectivity index is 5.23. The molecule has 0 aliphatic rings. The van der Waals surface area contributed by atoms with Gasteiger partial charge in [-0.2, -0.15) is 0 Å². The van der Waals surface area contributed by atoms with Crippen LogP contribution in [0.4, 0.5) is 0 Å². The third kappa shape index (κ3) is 8.44. The molecular weight excluding hydrogens is 336 g/mol. The van der Waals surface area contributed by atoms with Crippen LogP contribution in [-0.2, 0) is 31.4 Å². The Bertz CT molecular complexity index is 214. The van der Waals surface area contributed by atoms with E-state index in [1.54, 1.807) is 0 Å². The molecule has 12 nitrogen and oxygen atoms in total. The van der Waals surface area contributed by atoms with E-state index < -0.39 is 69.7 Å². The van der Waals surface area contributed by atoms with Gasteiger partial charge in [-0.05, 0) is 0 Å². The van der Waals surface area contributed by atoms with Gasteiger partial charge >= 0.3 is 124 Å². The van der Waals surface area contributed by atoms with Crippen molar-refractivity contribution < 1.29 is 72.3 Å². The number of hydrogen-bond donors (Lipinski definition) is 8. The first-order valence-electron chi connectivity index (χ1n) is 5.69. The topological polar surface area (TPSA) is 199 Å². The van der Waals surface area contributed by atoms with Gasteiger partial charge in [0, 0.05) is 0 Å². The van der Waals surface area contributed by atoms with E-state index in [0.717, 1.165) is 0 Å². The standard InChI is InChI=1S/4C2H5O3.Ti/c4*3-1-2(4)5;/h4*2-4H,1H2;/q4*-1;+4. The number of hydrogen-bond acceptors (Lipinski definition) is 12. The van der Waals surface area contributed by atoms with E-state index in [2.05, 4.69) is 0 Å². The van der Waals surface area contributed by atoms with Crippen LogP contribution < -0.4 is 0 Å². The van der Waals surface area contributed by atoms with Crippen molar-refractivity contribution >= 4 is 0 Å². The van der Waals surface area contributed by atoms with E-state index in [9.17, 15) is 20.4 Å². The zero-order valence-electron chi connectivity index (χ0n) is 10.8. The summed E-state index contributed by atoms with van der Waals surface area (Å²) >= 11 is -5.38. The van der Waals surface area contributed by atoms with E-state index in [-0.39, 0.29) is 0 Å². The van der Waals surface area contributed by atoms with E-state index in [1.807, 2.05) is 0 Å². The molecule has 4 unspecified atom stereocenters. The van der Waals surface area contributed by atoms with E-state index >= 15 is 0 Å². The average Bonchev–Trinajstić information content (AvgIpc) is 2.46. The predicted molar refractivity (Wildman–Crippen MR) is 56.7 cm³/mol. The van der Waals surface area contributed by atoms with Gasteiger partial charge in [0.1, 0.15) is 0 Å². The quantitative estimate of drug-likeness (QED) is 0.123. The summed E-state index contributed by atoms with van der Waals surface area (Å²) in [5.41, 5.74) is 0. The van der Waals surface area contributed by atoms with E-state index in [4.69, 9.17) is 33.7 Å². The van der Waals surface area contributed by atoms with Crippen molar-refractivity contribution in [3.8, 4) is 0 Å². The summed E-state index contributed by atoms with van der Waals surface area (Å²) in [5, 5.41) is 71.9. The molecule has 0 saturated carbocycles. The van der Waals surface area contributed by atoms with Crippen molar-refractivity contribution in [2.75, 3.05) is 26.4 Å². The summed E-state index contributed by atoms with van der Waals surface area (Å²) in [4.78, 5) is 0. The van der Waals surface area contributed by atoms with Gasteiger partial charge in [-0.3, -0.25) is 0 Å². The molecule has 4 atom stereocenters. The van der Waals surface area contributed by atoms with Crippen LogP contribution in [0.1, 0.15) is 0 Å². The Morgan fingerprint density at radius 2 is 0.714 bits per heavy atom. The fraction of sp³-hybridized carbons (Fsp3) is 1.00. The molecule has 0 fully saturated rings. The second kappa shape index (κ2) is 10.9. The maximum atomic E-state index is 9.25. The summed E-state index contributed by atoms with van der Waals surface area (Å²) in [7, 11) is 0. The van der Waals surface area contributed by atoms with Crippen LogP contribution in [0.3, 0.4) is 0 Å². The fourth-order valence-corrected chi connectivity index (χ4v) is 4.05. The third-order valence-corrected chi connectivity index (χ3v) is 5.25. The Morgan fingerprint density at radius 1 is 0.524 bits per heavy atom. The molecule has 0 aromatic heterocycles. The van der Waals surface area contributed by atoms with Crippen LogP contribution in [0.25, 0.3) is 0 Å². The Morgan fingerprint density at radius 3 is 0.857 bits per heavy atom. The summed E-state index contributed by atoms with van der Waals surface area (Å²) < 4.78 is 18.9. The Hall–Kier alpha value is 0.234. The average molecular weight is 356 g/mol. The van der Waals surface area contributed by atoms with E-state index in [0.29, 0.717) is 0 Å². The molecule has 13 heteroatoms. The van der Waals surface area contributed by atoms with Crippen molar-refractivity contribution in [3.63, 3.8) is 0 Å². The molecule has 0 bridgehead atoms. The molecule has 0 radical (unpaired) electrons. The first kappa shape index (κ1) is 21.2. The minimum absolute atomic E-state index is 0.956. The van der Waals surface area contributed by atoms with Crippen LogP contribution in [-0.4, -0.2) is 92.4 Å². The number of rotatable bonds is 12. The summed E-state index contributed by atoms with van der Waals surface area (Å²) in [6.45, 7) is -3.82. The van der Waals surface area contributed by atoms with Crippen molar-refractivity contribution in [1.29, 1.82) is 0 Å². The Kier molecular flexibility index (Phi) is 11.0. The van der Waals surface area contributed by atoms with Crippen LogP contribution in [0.15, 0.2) is 0 Å². The zero-order chi connectivity index (χ0) is 16.5. The molecular formula is C8H20O12Ti. The van der Waals surface area contributed by atoms with Crippen molar-refractivity contribution in [2.45, 2.75) is 25.2 Å². The zero-order valence-corrected chi connectivity index (χ0v) is 12.4. The first-order chi connectivity index (χ1) is 9.82. The maximum absolute atomic E-state index is 9.25. The predicted octanol–water partition coefficient (Wildman–Crippen LogP) is -4.89. The summed E-state index contributed by atoms with van der Waals surface area (Å²) in [6.07, 6.45) is -7.75. The van der Waals surface area contributed by atoms with Gasteiger partial charge in [0.05, 0.1) is 0 Å². The SMILES string of the molecule is OCC(O)[O][Ti]([O]C(O)CO)([O]C(O)CO)[O]C(O)CO. The van der Waals surface area contributed by atoms with Crippen molar-refractivity contribution in [3.05, 3.63) is 0 Å². The molecule has 0 aliphatic heterocycles. The number of aliphatic hydroxyl groups excluding tert-OH is 8. The molecule has 0 rings (SSSR count). The van der Waals surface area contributed by atoms with Gasteiger partial charge in [-0.1, -0.05) is 0 Å². The molecule has 0 aliphatic carbocycles. The molecule has 0 aromatic rings. The molecule has 0 saturated heterocycles. The Labute approximate surface area is 124 Å². The first-order valence-corrected chi connectivity index (χ1v) is 8.24. The normalized spacial score (nSPS) is 20.6. The van der Waals surface area contributed by atoms with Gasteiger partial charge in [-0.15, -0.1) is 0 Å². The van der Waals surface area contributed by atoms with Gasteiger partial charge in [0.15, 0.2) is 0 Å². The monoisotopic (exact) mass is 356 g/mol. The van der Waals surface area contributed by atoms with Gasteiger partial charge in [-0.25, -0.2) is 0 Å². The van der Waals surface area contributed by atoms with Crippen molar-refractivity contribution in [2.24, 2.45) is 0 Å². The van der Waals surface area contributed by atoms with E-state index in [1.165, 1.54) is 0 Å². The van der Waals surface area contributed by atoms with Gasteiger partial charge < -0.3 is 0 Å². The fourth-order valence-electron chi connectivity index (χ4n) is 0.982. The third-order valence-electron chi connectivity index (χ3n) is 1.75. The second-order valence-electron chi connectivity index (χ2n) is 3.52. The molecule has 0 heterocycles. The molecule has 0 aromatic carbocycles. The van der Waals surface area contributed by atoms with Crippen LogP contribution in [0.2, 0.25) is 0 Å². The van der Waals surface area contributed by atoms with Crippen LogP contribution in [0.5, 0.6) is 0 Å². The molecule has 21 heavy (non-hydrogen) atoms. The van der Waals surface area contributed by atoms with Crippen LogP contribution in [0, 0.1) is 0 Å². The molecule has 128 valence electrons. The molecule has 0 spiro atoms. The summed E-state index contributed by atoms with van der Waals surface area (Å²) in [6, 6.07) is 0. The second-order valence-corrected chi connectivity index (χ2v) is 6.55. The summed E-state index contributed by atoms with van der Waals surface area (Å²) in [5.74, 6) is 0. The van der Waals surface area contributed by atoms with Gasteiger partial charge in [0.25, 0.3) is 0 Å². The molecule has 0 amide bonds. The van der Waals surface area contributed by atoms with Gasteiger partial charge in [0.2, 0.25) is 0 Å². The molecule has 8 N–H and O–H groups in total.